The van der Waals surface area contributed by atoms with Crippen LogP contribution in [0.1, 0.15) is 23.4 Å². The highest BCUT2D eigenvalue weighted by molar-refractivity contribution is 7.18. The van der Waals surface area contributed by atoms with E-state index in [-0.39, 0.29) is 18.0 Å². The van der Waals surface area contributed by atoms with E-state index in [9.17, 15) is 8.78 Å². The van der Waals surface area contributed by atoms with Crippen LogP contribution in [0.3, 0.4) is 0 Å². The molecule has 6 rings (SSSR count). The van der Waals surface area contributed by atoms with Crippen LogP contribution in [0.5, 0.6) is 0 Å². The zero-order valence-electron chi connectivity index (χ0n) is 22.4. The lowest BCUT2D eigenvalue weighted by molar-refractivity contribution is 0.179. The molecule has 0 bridgehead atoms. The van der Waals surface area contributed by atoms with Crippen LogP contribution >= 0.6 is 11.3 Å². The Bertz CT molecular complexity index is 1720. The van der Waals surface area contributed by atoms with Crippen LogP contribution in [-0.4, -0.2) is 40.2 Å². The predicted octanol–water partition coefficient (Wildman–Crippen LogP) is 7.66. The number of piperidine rings is 1. The Labute approximate surface area is 234 Å². The summed E-state index contributed by atoms with van der Waals surface area (Å²) >= 11 is 1.67. The van der Waals surface area contributed by atoms with Crippen LogP contribution in [0.2, 0.25) is 0 Å². The zero-order chi connectivity index (χ0) is 27.8. The second kappa shape index (κ2) is 10.9. The summed E-state index contributed by atoms with van der Waals surface area (Å²) in [5.41, 5.74) is 5.44. The van der Waals surface area contributed by atoms with Crippen molar-refractivity contribution < 1.29 is 8.78 Å². The van der Waals surface area contributed by atoms with E-state index >= 15 is 0 Å². The number of hydrogen-bond donors (Lipinski definition) is 1. The molecule has 1 aliphatic heterocycles. The van der Waals surface area contributed by atoms with Gasteiger partial charge in [0, 0.05) is 42.6 Å². The molecule has 0 radical (unpaired) electrons. The molecule has 0 saturated carbocycles. The quantitative estimate of drug-likeness (QED) is 0.165. The summed E-state index contributed by atoms with van der Waals surface area (Å²) in [7, 11) is 1.85. The number of rotatable bonds is 7. The number of benzene rings is 3. The monoisotopic (exact) mass is 557 g/mol. The lowest BCUT2D eigenvalue weighted by Gasteiger charge is -2.32. The van der Waals surface area contributed by atoms with Crippen LogP contribution in [0.25, 0.3) is 32.4 Å². The van der Waals surface area contributed by atoms with Gasteiger partial charge in [0.2, 0.25) is 0 Å². The second-order valence-corrected chi connectivity index (χ2v) is 11.4. The van der Waals surface area contributed by atoms with E-state index in [1.165, 1.54) is 18.2 Å². The predicted molar refractivity (Wildman–Crippen MR) is 156 cm³/mol. The molecule has 0 spiro atoms. The highest BCUT2D eigenvalue weighted by atomic mass is 32.1. The van der Waals surface area contributed by atoms with Gasteiger partial charge in [-0.3, -0.25) is 10.00 Å². The van der Waals surface area contributed by atoms with Gasteiger partial charge in [-0.15, -0.1) is 16.5 Å². The van der Waals surface area contributed by atoms with Gasteiger partial charge >= 0.3 is 0 Å². The van der Waals surface area contributed by atoms with Crippen molar-refractivity contribution >= 4 is 38.1 Å². The smallest absolute Gasteiger partial charge is 0.130 e. The number of hydrogen-bond acceptors (Lipinski definition) is 6. The van der Waals surface area contributed by atoms with Crippen molar-refractivity contribution in [1.29, 1.82) is 0 Å². The van der Waals surface area contributed by atoms with Crippen LogP contribution in [0.15, 0.2) is 77.2 Å². The van der Waals surface area contributed by atoms with Crippen LogP contribution in [0.4, 0.5) is 14.5 Å². The van der Waals surface area contributed by atoms with Crippen molar-refractivity contribution in [2.45, 2.75) is 26.3 Å². The molecule has 3 aromatic carbocycles. The molecule has 0 aliphatic carbocycles. The van der Waals surface area contributed by atoms with Gasteiger partial charge in [-0.1, -0.05) is 23.9 Å². The number of likely N-dealkylation sites (tertiary alicyclic amines) is 1. The Morgan fingerprint density at radius 1 is 1.18 bits per heavy atom. The van der Waals surface area contributed by atoms with Crippen molar-refractivity contribution in [3.63, 3.8) is 0 Å². The van der Waals surface area contributed by atoms with Crippen molar-refractivity contribution in [3.8, 4) is 11.3 Å². The van der Waals surface area contributed by atoms with Crippen LogP contribution in [-0.2, 0) is 6.54 Å². The molecule has 204 valence electrons. The van der Waals surface area contributed by atoms with Crippen LogP contribution < -0.4 is 5.01 Å². The number of aryl methyl sites for hydroxylation is 1. The average molecular weight is 558 g/mol. The number of aromatic nitrogens is 3. The minimum absolute atomic E-state index is 0.0639. The van der Waals surface area contributed by atoms with E-state index < -0.39 is 11.6 Å². The SMILES string of the molecule is C=C(/N=N\N(C)c1ccc2[nH]nc(-c3ccc4nc(C)sc4c3)c2c1)[C@@H]1CCCN(Cc2c(F)cccc2F)C1. The van der Waals surface area contributed by atoms with E-state index in [1.54, 1.807) is 16.3 Å². The highest BCUT2D eigenvalue weighted by Crippen LogP contribution is 2.33. The van der Waals surface area contributed by atoms with Gasteiger partial charge in [0.25, 0.3) is 0 Å². The van der Waals surface area contributed by atoms with Gasteiger partial charge in [-0.2, -0.15) is 5.10 Å². The van der Waals surface area contributed by atoms with Crippen molar-refractivity contribution in [2.75, 3.05) is 25.1 Å². The third-order valence-corrected chi connectivity index (χ3v) is 8.35. The molecule has 40 heavy (non-hydrogen) atoms. The van der Waals surface area contributed by atoms with E-state index in [1.807, 2.05) is 44.3 Å². The second-order valence-electron chi connectivity index (χ2n) is 10.2. The fourth-order valence-corrected chi connectivity index (χ4v) is 6.11. The fourth-order valence-electron chi connectivity index (χ4n) is 5.25. The average Bonchev–Trinajstić information content (AvgIpc) is 3.55. The Hall–Kier alpha value is -4.02. The Balaban J connectivity index is 1.16. The maximum absolute atomic E-state index is 14.2. The summed E-state index contributed by atoms with van der Waals surface area (Å²) < 4.78 is 29.5. The molecular formula is C30H29F2N7S. The molecule has 0 unspecified atom stereocenters. The fraction of sp³-hybridized carbons (Fsp3) is 0.267. The Morgan fingerprint density at radius 3 is 2.83 bits per heavy atom. The normalized spacial score (nSPS) is 16.4. The van der Waals surface area contributed by atoms with E-state index in [0.717, 1.165) is 62.5 Å². The lowest BCUT2D eigenvalue weighted by Crippen LogP contribution is -2.35. The van der Waals surface area contributed by atoms with Crippen molar-refractivity contribution in [2.24, 2.45) is 16.3 Å². The van der Waals surface area contributed by atoms with Crippen molar-refractivity contribution in [3.05, 3.63) is 89.1 Å². The van der Waals surface area contributed by atoms with E-state index in [2.05, 4.69) is 43.1 Å². The molecule has 10 heteroatoms. The molecule has 0 amide bonds. The first kappa shape index (κ1) is 26.2. The molecule has 1 N–H and O–H groups in total. The van der Waals surface area contributed by atoms with E-state index in [0.29, 0.717) is 12.2 Å². The first-order valence-electron chi connectivity index (χ1n) is 13.2. The van der Waals surface area contributed by atoms with Gasteiger partial charge < -0.3 is 0 Å². The maximum Gasteiger partial charge on any atom is 0.130 e. The first-order chi connectivity index (χ1) is 19.4. The number of anilines is 1. The lowest BCUT2D eigenvalue weighted by atomic mass is 9.95. The van der Waals surface area contributed by atoms with Gasteiger partial charge in [0.05, 0.1) is 32.1 Å². The van der Waals surface area contributed by atoms with Gasteiger partial charge in [0.1, 0.15) is 17.3 Å². The van der Waals surface area contributed by atoms with Gasteiger partial charge in [-0.25, -0.2) is 18.8 Å². The minimum Gasteiger partial charge on any atom is -0.298 e. The molecular weight excluding hydrogens is 528 g/mol. The third kappa shape index (κ3) is 5.24. The zero-order valence-corrected chi connectivity index (χ0v) is 23.2. The summed E-state index contributed by atoms with van der Waals surface area (Å²) in [6.45, 7) is 7.80. The highest BCUT2D eigenvalue weighted by Gasteiger charge is 2.24. The maximum atomic E-state index is 14.2. The molecule has 7 nitrogen and oxygen atoms in total. The molecule has 3 heterocycles. The summed E-state index contributed by atoms with van der Waals surface area (Å²) in [4.78, 5) is 6.61. The molecule has 1 atom stereocenters. The number of thiazole rings is 1. The van der Waals surface area contributed by atoms with Gasteiger partial charge in [0.15, 0.2) is 0 Å². The summed E-state index contributed by atoms with van der Waals surface area (Å²) in [6, 6.07) is 16.2. The largest absolute Gasteiger partial charge is 0.298 e. The Kier molecular flexibility index (Phi) is 7.12. The number of aromatic amines is 1. The topological polar surface area (TPSA) is 72.8 Å². The molecule has 2 aromatic heterocycles. The number of nitrogens with one attached hydrogen (secondary N) is 1. The number of nitrogens with zero attached hydrogens (tertiary/aromatic N) is 6. The summed E-state index contributed by atoms with van der Waals surface area (Å²) in [6.07, 6.45) is 1.81. The van der Waals surface area contributed by atoms with E-state index in [4.69, 9.17) is 0 Å². The van der Waals surface area contributed by atoms with Gasteiger partial charge in [-0.05, 0) is 68.8 Å². The summed E-state index contributed by atoms with van der Waals surface area (Å²) in [5, 5.41) is 20.3. The molecule has 1 fully saturated rings. The molecule has 5 aromatic rings. The van der Waals surface area contributed by atoms with Crippen LogP contribution in [0, 0.1) is 24.5 Å². The summed E-state index contributed by atoms with van der Waals surface area (Å²) in [5.74, 6) is -0.965. The molecule has 1 saturated heterocycles. The number of fused-ring (bicyclic) bond motifs is 2. The Morgan fingerprint density at radius 2 is 2.00 bits per heavy atom. The standard InChI is InChI=1S/C30H29F2N7S/c1-18(21-6-5-13-39(16-21)17-24-25(31)7-4-8-26(24)32)34-37-38(3)22-10-12-27-23(15-22)30(36-35-27)20-9-11-28-29(14-20)40-19(2)33-28/h4,7-12,14-15,21H,1,5-6,13,16-17H2,2-3H3,(H,35,36)/b37-34-/t21-/m1/s1. The number of halogens is 2. The molecule has 1 aliphatic rings. The first-order valence-corrected chi connectivity index (χ1v) is 14.0. The van der Waals surface area contributed by atoms with Crippen molar-refractivity contribution in [1.82, 2.24) is 20.1 Å². The minimum atomic E-state index is -0.515. The number of H-pyrrole nitrogens is 1. The third-order valence-electron chi connectivity index (χ3n) is 7.42.